The van der Waals surface area contributed by atoms with E-state index in [0.29, 0.717) is 6.54 Å². The Labute approximate surface area is 157 Å². The number of hydrogen-bond acceptors (Lipinski definition) is 5. The first-order valence-electron chi connectivity index (χ1n) is 8.62. The number of benzene rings is 2. The van der Waals surface area contributed by atoms with Crippen LogP contribution in [0, 0.1) is 0 Å². The third-order valence-electron chi connectivity index (χ3n) is 4.57. The molecule has 6 heteroatoms. The Morgan fingerprint density at radius 1 is 0.889 bits per heavy atom. The molecule has 0 atom stereocenters. The zero-order chi connectivity index (χ0) is 19.0. The van der Waals surface area contributed by atoms with Crippen molar-refractivity contribution in [3.63, 3.8) is 0 Å². The second kappa shape index (κ2) is 6.64. The fourth-order valence-corrected chi connectivity index (χ4v) is 3.22. The molecule has 4 rings (SSSR count). The highest BCUT2D eigenvalue weighted by atomic mass is 16.3. The lowest BCUT2D eigenvalue weighted by Crippen LogP contribution is -2.11. The van der Waals surface area contributed by atoms with Gasteiger partial charge in [-0.15, -0.1) is 0 Å². The van der Waals surface area contributed by atoms with E-state index in [-0.39, 0.29) is 11.8 Å². The lowest BCUT2D eigenvalue weighted by atomic mass is 10.0. The van der Waals surface area contributed by atoms with E-state index in [1.165, 1.54) is 16.7 Å². The average Bonchev–Trinajstić information content (AvgIpc) is 2.99. The summed E-state index contributed by atoms with van der Waals surface area (Å²) >= 11 is 0. The maximum Gasteiger partial charge on any atom is 0.194 e. The highest BCUT2D eigenvalue weighted by Gasteiger charge is 2.10. The molecular formula is C21H20N4O2. The predicted octanol–water partition coefficient (Wildman–Crippen LogP) is 3.62. The summed E-state index contributed by atoms with van der Waals surface area (Å²) in [6.07, 6.45) is 1.58. The van der Waals surface area contributed by atoms with Crippen molar-refractivity contribution in [1.82, 2.24) is 14.5 Å². The summed E-state index contributed by atoms with van der Waals surface area (Å²) in [5.74, 6) is 0.952. The quantitative estimate of drug-likeness (QED) is 0.581. The van der Waals surface area contributed by atoms with Gasteiger partial charge in [-0.25, -0.2) is 9.97 Å². The first kappa shape index (κ1) is 16.9. The van der Waals surface area contributed by atoms with Gasteiger partial charge in [0.2, 0.25) is 0 Å². The number of nitrogens with zero attached hydrogens (tertiary/aromatic N) is 4. The second-order valence-electron chi connectivity index (χ2n) is 6.66. The zero-order valence-corrected chi connectivity index (χ0v) is 15.2. The van der Waals surface area contributed by atoms with Crippen LogP contribution in [0.3, 0.4) is 0 Å². The van der Waals surface area contributed by atoms with Crippen LogP contribution in [0.4, 0.5) is 5.82 Å². The van der Waals surface area contributed by atoms with Crippen LogP contribution in [-0.2, 0) is 6.54 Å². The SMILES string of the molecule is CN(C)c1ncnc2ccc(-c3cccc(Cn4c(O)ccc4O)c3)cc12. The Kier molecular flexibility index (Phi) is 4.16. The molecule has 0 spiro atoms. The van der Waals surface area contributed by atoms with Crippen molar-refractivity contribution in [2.24, 2.45) is 0 Å². The molecule has 0 aliphatic heterocycles. The molecule has 2 N–H and O–H groups in total. The van der Waals surface area contributed by atoms with Crippen molar-refractivity contribution >= 4 is 16.7 Å². The number of rotatable bonds is 4. The standard InChI is InChI=1S/C21H20N4O2/c1-24(2)21-17-11-16(6-7-18(17)22-13-23-21)15-5-3-4-14(10-15)12-25-19(26)8-9-20(25)27/h3-11,13,26-27H,12H2,1-2H3. The Balaban J connectivity index is 1.74. The van der Waals surface area contributed by atoms with Gasteiger partial charge in [-0.3, -0.25) is 4.57 Å². The molecule has 27 heavy (non-hydrogen) atoms. The molecule has 0 aliphatic carbocycles. The van der Waals surface area contributed by atoms with Crippen molar-refractivity contribution in [2.45, 2.75) is 6.54 Å². The molecular weight excluding hydrogens is 340 g/mol. The highest BCUT2D eigenvalue weighted by molar-refractivity contribution is 5.92. The minimum Gasteiger partial charge on any atom is -0.494 e. The van der Waals surface area contributed by atoms with Gasteiger partial charge in [0.1, 0.15) is 12.1 Å². The molecule has 4 aromatic rings. The Morgan fingerprint density at radius 2 is 1.63 bits per heavy atom. The third kappa shape index (κ3) is 3.17. The molecule has 0 amide bonds. The van der Waals surface area contributed by atoms with Crippen molar-refractivity contribution in [2.75, 3.05) is 19.0 Å². The lowest BCUT2D eigenvalue weighted by Gasteiger charge is -2.14. The van der Waals surface area contributed by atoms with E-state index in [0.717, 1.165) is 33.4 Å². The fourth-order valence-electron chi connectivity index (χ4n) is 3.22. The first-order valence-corrected chi connectivity index (χ1v) is 8.62. The molecule has 0 saturated heterocycles. The van der Waals surface area contributed by atoms with Gasteiger partial charge in [0.05, 0.1) is 12.1 Å². The number of aromatic nitrogens is 3. The number of anilines is 1. The molecule has 0 unspecified atom stereocenters. The zero-order valence-electron chi connectivity index (χ0n) is 15.2. The normalized spacial score (nSPS) is 11.0. The van der Waals surface area contributed by atoms with E-state index in [9.17, 15) is 10.2 Å². The van der Waals surface area contributed by atoms with Crippen molar-refractivity contribution in [3.05, 3.63) is 66.5 Å². The molecule has 0 saturated carbocycles. The maximum absolute atomic E-state index is 9.86. The van der Waals surface area contributed by atoms with Gasteiger partial charge in [-0.2, -0.15) is 0 Å². The first-order chi connectivity index (χ1) is 13.0. The largest absolute Gasteiger partial charge is 0.494 e. The van der Waals surface area contributed by atoms with Gasteiger partial charge in [-0.05, 0) is 34.9 Å². The third-order valence-corrected chi connectivity index (χ3v) is 4.57. The van der Waals surface area contributed by atoms with Gasteiger partial charge in [0, 0.05) is 31.6 Å². The minimum atomic E-state index is 0.0383. The number of aromatic hydroxyl groups is 2. The molecule has 2 aromatic heterocycles. The van der Waals surface area contributed by atoms with Gasteiger partial charge in [0.15, 0.2) is 11.8 Å². The minimum absolute atomic E-state index is 0.0383. The van der Waals surface area contributed by atoms with Gasteiger partial charge < -0.3 is 15.1 Å². The van der Waals surface area contributed by atoms with E-state index < -0.39 is 0 Å². The number of fused-ring (bicyclic) bond motifs is 1. The predicted molar refractivity (Wildman–Crippen MR) is 106 cm³/mol. The number of hydrogen-bond donors (Lipinski definition) is 2. The monoisotopic (exact) mass is 360 g/mol. The summed E-state index contributed by atoms with van der Waals surface area (Å²) in [5.41, 5.74) is 3.99. The molecule has 2 heterocycles. The van der Waals surface area contributed by atoms with Crippen LogP contribution in [0.15, 0.2) is 60.9 Å². The summed E-state index contributed by atoms with van der Waals surface area (Å²) in [6.45, 7) is 0.387. The summed E-state index contributed by atoms with van der Waals surface area (Å²) in [7, 11) is 3.93. The van der Waals surface area contributed by atoms with Crippen LogP contribution in [0.5, 0.6) is 11.8 Å². The topological polar surface area (TPSA) is 74.4 Å². The molecule has 0 radical (unpaired) electrons. The molecule has 2 aromatic carbocycles. The van der Waals surface area contributed by atoms with Crippen molar-refractivity contribution in [3.8, 4) is 22.9 Å². The fraction of sp³-hybridized carbons (Fsp3) is 0.143. The van der Waals surface area contributed by atoms with Crippen LogP contribution in [0.1, 0.15) is 5.56 Å². The van der Waals surface area contributed by atoms with Crippen LogP contribution in [0.2, 0.25) is 0 Å². The van der Waals surface area contributed by atoms with Crippen LogP contribution >= 0.6 is 0 Å². The molecule has 0 fully saturated rings. The van der Waals surface area contributed by atoms with Crippen molar-refractivity contribution < 1.29 is 10.2 Å². The Hall–Kier alpha value is -3.54. The van der Waals surface area contributed by atoms with Crippen molar-refractivity contribution in [1.29, 1.82) is 0 Å². The van der Waals surface area contributed by atoms with E-state index in [4.69, 9.17) is 0 Å². The molecule has 0 aliphatic rings. The van der Waals surface area contributed by atoms with E-state index in [1.807, 2.05) is 49.3 Å². The summed E-state index contributed by atoms with van der Waals surface area (Å²) in [5, 5.41) is 20.7. The molecule has 0 bridgehead atoms. The summed E-state index contributed by atoms with van der Waals surface area (Å²) < 4.78 is 1.46. The van der Waals surface area contributed by atoms with Crippen LogP contribution in [-0.4, -0.2) is 38.8 Å². The Bertz CT molecular complexity index is 1100. The lowest BCUT2D eigenvalue weighted by molar-refractivity contribution is 0.377. The summed E-state index contributed by atoms with van der Waals surface area (Å²) in [4.78, 5) is 10.7. The molecule has 6 nitrogen and oxygen atoms in total. The van der Waals surface area contributed by atoms with Gasteiger partial charge in [-0.1, -0.05) is 24.3 Å². The Morgan fingerprint density at radius 3 is 2.37 bits per heavy atom. The van der Waals surface area contributed by atoms with Gasteiger partial charge in [0.25, 0.3) is 0 Å². The second-order valence-corrected chi connectivity index (χ2v) is 6.66. The smallest absolute Gasteiger partial charge is 0.194 e. The molecule has 136 valence electrons. The van der Waals surface area contributed by atoms with E-state index in [1.54, 1.807) is 6.33 Å². The van der Waals surface area contributed by atoms with E-state index >= 15 is 0 Å². The maximum atomic E-state index is 9.86. The van der Waals surface area contributed by atoms with Crippen LogP contribution < -0.4 is 4.90 Å². The summed E-state index contributed by atoms with van der Waals surface area (Å²) in [6, 6.07) is 17.1. The highest BCUT2D eigenvalue weighted by Crippen LogP contribution is 2.29. The van der Waals surface area contributed by atoms with E-state index in [2.05, 4.69) is 22.1 Å². The van der Waals surface area contributed by atoms with Crippen LogP contribution in [0.25, 0.3) is 22.0 Å². The average molecular weight is 360 g/mol. The van der Waals surface area contributed by atoms with Gasteiger partial charge >= 0.3 is 0 Å².